The van der Waals surface area contributed by atoms with E-state index in [-0.39, 0.29) is 5.56 Å². The van der Waals surface area contributed by atoms with Gasteiger partial charge in [-0.3, -0.25) is 4.79 Å². The highest BCUT2D eigenvalue weighted by Crippen LogP contribution is 2.25. The van der Waals surface area contributed by atoms with Gasteiger partial charge in [0.1, 0.15) is 5.56 Å². The lowest BCUT2D eigenvalue weighted by Gasteiger charge is -2.11. The Morgan fingerprint density at radius 2 is 2.09 bits per heavy atom. The van der Waals surface area contributed by atoms with Crippen LogP contribution in [0.2, 0.25) is 0 Å². The van der Waals surface area contributed by atoms with E-state index < -0.39 is 11.9 Å². The van der Waals surface area contributed by atoms with E-state index in [1.165, 1.54) is 7.05 Å². The number of aromatic nitrogens is 2. The van der Waals surface area contributed by atoms with Gasteiger partial charge in [0.05, 0.1) is 5.69 Å². The number of halogens is 1. The molecule has 0 aliphatic heterocycles. The Hall–Kier alpha value is -2.43. The molecular weight excluding hydrogens is 293 g/mol. The Labute approximate surface area is 136 Å². The van der Waals surface area contributed by atoms with Crippen molar-refractivity contribution in [2.24, 2.45) is 7.05 Å². The second-order valence-corrected chi connectivity index (χ2v) is 5.55. The number of nitrogens with zero attached hydrogens (tertiary/aromatic N) is 2. The monoisotopic (exact) mass is 315 g/mol. The van der Waals surface area contributed by atoms with Crippen LogP contribution in [0.1, 0.15) is 48.3 Å². The minimum atomic E-state index is -0.629. The summed E-state index contributed by atoms with van der Waals surface area (Å²) in [6.07, 6.45) is 4.18. The second-order valence-electron chi connectivity index (χ2n) is 5.55. The van der Waals surface area contributed by atoms with Gasteiger partial charge in [-0.05, 0) is 31.9 Å². The molecule has 1 aromatic heterocycles. The van der Waals surface area contributed by atoms with Gasteiger partial charge < -0.3 is 5.32 Å². The summed E-state index contributed by atoms with van der Waals surface area (Å²) in [6.45, 7) is 5.75. The van der Waals surface area contributed by atoms with Crippen LogP contribution in [0.4, 0.5) is 10.1 Å². The van der Waals surface area contributed by atoms with Crippen LogP contribution in [0.25, 0.3) is 5.57 Å². The van der Waals surface area contributed by atoms with E-state index in [0.717, 1.165) is 28.7 Å². The Morgan fingerprint density at radius 1 is 1.39 bits per heavy atom. The lowest BCUT2D eigenvalue weighted by Crippen LogP contribution is -2.15. The van der Waals surface area contributed by atoms with Gasteiger partial charge in [0, 0.05) is 18.3 Å². The third kappa shape index (κ3) is 3.67. The highest BCUT2D eigenvalue weighted by atomic mass is 19.1. The molecule has 0 unspecified atom stereocenters. The molecule has 0 atom stereocenters. The van der Waals surface area contributed by atoms with Crippen LogP contribution < -0.4 is 5.32 Å². The molecule has 23 heavy (non-hydrogen) atoms. The second kappa shape index (κ2) is 7.22. The van der Waals surface area contributed by atoms with Crippen molar-refractivity contribution < 1.29 is 9.18 Å². The summed E-state index contributed by atoms with van der Waals surface area (Å²) in [5, 5.41) is 6.75. The summed E-state index contributed by atoms with van der Waals surface area (Å²) < 4.78 is 15.1. The molecule has 0 spiro atoms. The fourth-order valence-corrected chi connectivity index (χ4v) is 2.48. The molecule has 1 N–H and O–H groups in total. The summed E-state index contributed by atoms with van der Waals surface area (Å²) in [5.41, 5.74) is 3.06. The lowest BCUT2D eigenvalue weighted by atomic mass is 10.0. The zero-order valence-electron chi connectivity index (χ0n) is 14.0. The number of carbonyl (C=O) groups is 1. The van der Waals surface area contributed by atoms with Crippen molar-refractivity contribution in [3.8, 4) is 0 Å². The van der Waals surface area contributed by atoms with E-state index in [2.05, 4.69) is 23.4 Å². The van der Waals surface area contributed by atoms with E-state index in [1.807, 2.05) is 31.2 Å². The van der Waals surface area contributed by atoms with Crippen LogP contribution in [0.15, 0.2) is 30.3 Å². The summed E-state index contributed by atoms with van der Waals surface area (Å²) in [4.78, 5) is 12.4. The molecule has 0 aliphatic carbocycles. The molecule has 2 aromatic rings. The summed E-state index contributed by atoms with van der Waals surface area (Å²) in [6, 6.07) is 7.53. The number of allylic oxidation sites excluding steroid dienone is 2. The third-order valence-electron chi connectivity index (χ3n) is 3.72. The van der Waals surface area contributed by atoms with Crippen molar-refractivity contribution in [1.82, 2.24) is 9.78 Å². The first kappa shape index (κ1) is 16.9. The molecule has 2 rings (SSSR count). The summed E-state index contributed by atoms with van der Waals surface area (Å²) >= 11 is 0. The van der Waals surface area contributed by atoms with Gasteiger partial charge in [-0.15, -0.1) is 0 Å². The van der Waals surface area contributed by atoms with Crippen LogP contribution in [0.3, 0.4) is 0 Å². The molecule has 0 saturated heterocycles. The van der Waals surface area contributed by atoms with E-state index in [1.54, 1.807) is 6.92 Å². The van der Waals surface area contributed by atoms with Gasteiger partial charge in [0.25, 0.3) is 5.91 Å². The number of benzene rings is 1. The largest absolute Gasteiger partial charge is 0.321 e. The van der Waals surface area contributed by atoms with Crippen molar-refractivity contribution >= 4 is 17.2 Å². The molecule has 4 nitrogen and oxygen atoms in total. The van der Waals surface area contributed by atoms with Crippen LogP contribution in [0.5, 0.6) is 0 Å². The molecule has 0 fully saturated rings. The number of para-hydroxylation sites is 1. The first-order valence-corrected chi connectivity index (χ1v) is 7.72. The van der Waals surface area contributed by atoms with Crippen molar-refractivity contribution in [3.05, 3.63) is 53.1 Å². The number of rotatable bonds is 5. The molecule has 0 bridgehead atoms. The topological polar surface area (TPSA) is 46.9 Å². The van der Waals surface area contributed by atoms with E-state index in [4.69, 9.17) is 0 Å². The molecule has 0 aliphatic rings. The third-order valence-corrected chi connectivity index (χ3v) is 3.72. The Bertz CT molecular complexity index is 747. The minimum Gasteiger partial charge on any atom is -0.321 e. The molecule has 122 valence electrons. The summed E-state index contributed by atoms with van der Waals surface area (Å²) in [5.74, 6) is -1.11. The predicted octanol–water partition coefficient (Wildman–Crippen LogP) is 4.32. The van der Waals surface area contributed by atoms with E-state index in [9.17, 15) is 9.18 Å². The molecule has 1 heterocycles. The standard InChI is InChI=1S/C18H22FN3O/c1-5-6-9-12(2)14-10-7-8-11-15(14)20-18(23)16-13(3)21-22(4)17(16)19/h7-11H,5-6H2,1-4H3,(H,20,23)/b12-9+. The lowest BCUT2D eigenvalue weighted by molar-refractivity contribution is 0.102. The fourth-order valence-electron chi connectivity index (χ4n) is 2.48. The number of hydrogen-bond donors (Lipinski definition) is 1. The quantitative estimate of drug-likeness (QED) is 0.893. The number of carbonyl (C=O) groups excluding carboxylic acids is 1. The highest BCUT2D eigenvalue weighted by Gasteiger charge is 2.21. The Kier molecular flexibility index (Phi) is 5.32. The van der Waals surface area contributed by atoms with E-state index in [0.29, 0.717) is 11.4 Å². The molecule has 0 saturated carbocycles. The zero-order chi connectivity index (χ0) is 17.0. The zero-order valence-corrected chi connectivity index (χ0v) is 14.0. The first-order chi connectivity index (χ1) is 11.0. The Balaban J connectivity index is 2.32. The Morgan fingerprint density at radius 3 is 2.70 bits per heavy atom. The number of amides is 1. The molecule has 0 radical (unpaired) electrons. The minimum absolute atomic E-state index is 0.0162. The smallest absolute Gasteiger partial charge is 0.262 e. The average Bonchev–Trinajstić information content (AvgIpc) is 2.78. The normalized spacial score (nSPS) is 11.6. The van der Waals surface area contributed by atoms with Gasteiger partial charge in [-0.1, -0.05) is 37.6 Å². The fraction of sp³-hybridized carbons (Fsp3) is 0.333. The SMILES string of the molecule is CCC/C=C(\C)c1ccccc1NC(=O)c1c(C)nn(C)c1F. The number of nitrogens with one attached hydrogen (secondary N) is 1. The maximum Gasteiger partial charge on any atom is 0.262 e. The van der Waals surface area contributed by atoms with E-state index >= 15 is 0 Å². The van der Waals surface area contributed by atoms with Gasteiger partial charge in [-0.2, -0.15) is 9.49 Å². The van der Waals surface area contributed by atoms with Gasteiger partial charge in [0.2, 0.25) is 5.95 Å². The molecular formula is C18H22FN3O. The van der Waals surface area contributed by atoms with Gasteiger partial charge in [-0.25, -0.2) is 4.68 Å². The predicted molar refractivity (Wildman–Crippen MR) is 90.9 cm³/mol. The molecule has 5 heteroatoms. The number of aryl methyl sites for hydroxylation is 2. The maximum absolute atomic E-state index is 14.0. The average molecular weight is 315 g/mol. The highest BCUT2D eigenvalue weighted by molar-refractivity contribution is 6.06. The van der Waals surface area contributed by atoms with Crippen molar-refractivity contribution in [1.29, 1.82) is 0 Å². The molecule has 1 amide bonds. The van der Waals surface area contributed by atoms with Crippen LogP contribution in [-0.2, 0) is 7.05 Å². The van der Waals surface area contributed by atoms with Crippen LogP contribution in [0, 0.1) is 12.9 Å². The number of hydrogen-bond acceptors (Lipinski definition) is 2. The van der Waals surface area contributed by atoms with Crippen LogP contribution >= 0.6 is 0 Å². The van der Waals surface area contributed by atoms with Gasteiger partial charge in [0.15, 0.2) is 0 Å². The van der Waals surface area contributed by atoms with Crippen molar-refractivity contribution in [2.45, 2.75) is 33.6 Å². The number of unbranched alkanes of at least 4 members (excludes halogenated alkanes) is 1. The maximum atomic E-state index is 14.0. The van der Waals surface area contributed by atoms with Crippen molar-refractivity contribution in [2.75, 3.05) is 5.32 Å². The first-order valence-electron chi connectivity index (χ1n) is 7.72. The van der Waals surface area contributed by atoms with Crippen molar-refractivity contribution in [3.63, 3.8) is 0 Å². The number of anilines is 1. The summed E-state index contributed by atoms with van der Waals surface area (Å²) in [7, 11) is 1.48. The van der Waals surface area contributed by atoms with Crippen LogP contribution in [-0.4, -0.2) is 15.7 Å². The van der Waals surface area contributed by atoms with Gasteiger partial charge >= 0.3 is 0 Å². The molecule has 1 aromatic carbocycles.